The number of aromatic nitrogens is 4. The van der Waals surface area contributed by atoms with Gasteiger partial charge in [0.1, 0.15) is 5.69 Å². The molecule has 0 unspecified atom stereocenters. The zero-order valence-electron chi connectivity index (χ0n) is 43.4. The Balaban J connectivity index is 0.00000116. The highest BCUT2D eigenvalue weighted by Crippen LogP contribution is 2.37. The third-order valence-corrected chi connectivity index (χ3v) is 12.0. The molecule has 2 aliphatic heterocycles. The molecule has 0 atom stereocenters. The third kappa shape index (κ3) is 21.9. The highest BCUT2D eigenvalue weighted by Gasteiger charge is 2.24. The van der Waals surface area contributed by atoms with Crippen molar-refractivity contribution in [1.29, 1.82) is 0 Å². The van der Waals surface area contributed by atoms with E-state index < -0.39 is 0 Å². The van der Waals surface area contributed by atoms with Crippen molar-refractivity contribution >= 4 is 62.0 Å². The Hall–Kier alpha value is -2.46. The fourth-order valence-electron chi connectivity index (χ4n) is 7.88. The highest BCUT2D eigenvalue weighted by atomic mass is 79.9. The number of azo groups is 2. The number of H-pyrrole nitrogens is 1. The summed E-state index contributed by atoms with van der Waals surface area (Å²) in [6, 6.07) is 12.8. The van der Waals surface area contributed by atoms with Gasteiger partial charge in [0, 0.05) is 94.5 Å². The van der Waals surface area contributed by atoms with Crippen LogP contribution in [0.1, 0.15) is 47.0 Å². The van der Waals surface area contributed by atoms with E-state index in [1.165, 1.54) is 35.7 Å². The summed E-state index contributed by atoms with van der Waals surface area (Å²) in [5, 5.41) is 19.0. The number of imidazole rings is 2. The maximum absolute atomic E-state index is 4.81. The lowest BCUT2D eigenvalue weighted by molar-refractivity contribution is -0.873. The normalized spacial score (nSPS) is 13.6. The van der Waals surface area contributed by atoms with Gasteiger partial charge in [0.2, 0.25) is 5.95 Å². The summed E-state index contributed by atoms with van der Waals surface area (Å²) in [4.78, 5) is 16.6. The molecule has 1 N–H and O–H groups in total. The van der Waals surface area contributed by atoms with E-state index in [-0.39, 0.29) is 67.9 Å². The SMILES string of the molecule is CCN1CCN(CC)c2cc(N=Nc3n(CCC[N+](C)(C)C)cc[n+]3CCC[N+](C)(C)C)ccc21.CCN1CCN(CC)c2cc(N=Nc3ncc[nH]3)ccc21.C[N+](C)(C)CCCBr.[Br-].[Br-].[Br-].[Br-]. The Morgan fingerprint density at radius 1 is 0.588 bits per heavy atom. The molecule has 0 fully saturated rings. The second-order valence-electron chi connectivity index (χ2n) is 19.8. The minimum absolute atomic E-state index is 0. The van der Waals surface area contributed by atoms with Gasteiger partial charge < -0.3 is 106 Å². The van der Waals surface area contributed by atoms with Gasteiger partial charge in [-0.2, -0.15) is 0 Å². The van der Waals surface area contributed by atoms with Crippen LogP contribution in [0.2, 0.25) is 0 Å². The molecule has 4 heterocycles. The van der Waals surface area contributed by atoms with Crippen molar-refractivity contribution in [3.8, 4) is 0 Å². The summed E-state index contributed by atoms with van der Waals surface area (Å²) < 4.78 is 7.55. The quantitative estimate of drug-likeness (QED) is 0.0469. The number of hydrogen-bond acceptors (Lipinski definition) is 9. The molecule has 386 valence electrons. The first-order valence-corrected chi connectivity index (χ1v) is 24.7. The molecule has 2 aromatic carbocycles. The van der Waals surface area contributed by atoms with Gasteiger partial charge in [-0.1, -0.05) is 21.0 Å². The smallest absolute Gasteiger partial charge is 0.421 e. The van der Waals surface area contributed by atoms with Crippen molar-refractivity contribution in [2.75, 3.05) is 160 Å². The first-order valence-electron chi connectivity index (χ1n) is 23.5. The van der Waals surface area contributed by atoms with Crippen LogP contribution in [-0.2, 0) is 13.1 Å². The van der Waals surface area contributed by atoms with Crippen LogP contribution < -0.4 is 92.1 Å². The second kappa shape index (κ2) is 31.8. The van der Waals surface area contributed by atoms with Gasteiger partial charge in [-0.25, -0.2) is 14.1 Å². The predicted octanol–water partition coefficient (Wildman–Crippen LogP) is -2.97. The number of aryl methyl sites for hydroxylation is 2. The van der Waals surface area contributed by atoms with Crippen LogP contribution >= 0.6 is 15.9 Å². The Labute approximate surface area is 461 Å². The first kappa shape index (κ1) is 65.5. The van der Waals surface area contributed by atoms with Crippen molar-refractivity contribution in [2.24, 2.45) is 20.5 Å². The van der Waals surface area contributed by atoms with E-state index in [1.54, 1.807) is 12.4 Å². The van der Waals surface area contributed by atoms with Crippen molar-refractivity contribution in [2.45, 2.75) is 60.0 Å². The molecule has 2 aliphatic rings. The van der Waals surface area contributed by atoms with E-state index in [0.717, 1.165) is 127 Å². The maximum atomic E-state index is 4.81. The summed E-state index contributed by atoms with van der Waals surface area (Å²) >= 11 is 3.39. The van der Waals surface area contributed by atoms with Crippen molar-refractivity contribution < 1.29 is 85.9 Å². The van der Waals surface area contributed by atoms with Crippen LogP contribution in [0.3, 0.4) is 0 Å². The number of nitrogens with one attached hydrogen (secondary N) is 1. The van der Waals surface area contributed by atoms with E-state index >= 15 is 0 Å². The summed E-state index contributed by atoms with van der Waals surface area (Å²) in [7, 11) is 20.1. The molecule has 0 saturated heterocycles. The van der Waals surface area contributed by atoms with Crippen molar-refractivity contribution in [3.05, 3.63) is 61.2 Å². The number of rotatable bonds is 19. The molecule has 6 rings (SSSR count). The lowest BCUT2D eigenvalue weighted by atomic mass is 10.1. The summed E-state index contributed by atoms with van der Waals surface area (Å²) in [6.45, 7) is 22.6. The lowest BCUT2D eigenvalue weighted by Crippen LogP contribution is -3.00. The predicted molar refractivity (Wildman–Crippen MR) is 272 cm³/mol. The Kier molecular flexibility index (Phi) is 30.6. The maximum Gasteiger partial charge on any atom is 0.421 e. The number of halogens is 5. The minimum Gasteiger partial charge on any atom is -1.00 e. The molecule has 0 saturated carbocycles. The van der Waals surface area contributed by atoms with E-state index in [1.807, 2.05) is 6.07 Å². The number of likely N-dealkylation sites (N-methyl/N-ethyl adjacent to an activating group) is 4. The van der Waals surface area contributed by atoms with E-state index in [2.05, 4.69) is 199 Å². The molecule has 2 aromatic heterocycles. The zero-order valence-corrected chi connectivity index (χ0v) is 51.4. The van der Waals surface area contributed by atoms with Crippen molar-refractivity contribution in [1.82, 2.24) is 14.5 Å². The average molecular weight is 1270 g/mol. The molecular formula is C48H84Br5N15. The molecular weight excluding hydrogens is 1190 g/mol. The van der Waals surface area contributed by atoms with Gasteiger partial charge in [0.05, 0.1) is 137 Å². The monoisotopic (exact) mass is 1270 g/mol. The van der Waals surface area contributed by atoms with Crippen molar-refractivity contribution in [3.63, 3.8) is 0 Å². The van der Waals surface area contributed by atoms with Gasteiger partial charge in [0.25, 0.3) is 0 Å². The molecule has 0 spiro atoms. The first-order chi connectivity index (χ1) is 30.4. The Bertz CT molecular complexity index is 2000. The fraction of sp³-hybridized carbons (Fsp3) is 0.625. The number of fused-ring (bicyclic) bond motifs is 2. The number of nitrogens with zero attached hydrogens (tertiary/aromatic N) is 14. The van der Waals surface area contributed by atoms with Gasteiger partial charge in [-0.3, -0.25) is 0 Å². The summed E-state index contributed by atoms with van der Waals surface area (Å²) in [5.74, 6) is 1.46. The summed E-state index contributed by atoms with van der Waals surface area (Å²) in [5.41, 5.74) is 6.85. The van der Waals surface area contributed by atoms with Gasteiger partial charge in [-0.15, -0.1) is 10.2 Å². The highest BCUT2D eigenvalue weighted by molar-refractivity contribution is 9.09. The second-order valence-corrected chi connectivity index (χ2v) is 20.5. The van der Waals surface area contributed by atoms with Gasteiger partial charge in [0.15, 0.2) is 0 Å². The largest absolute Gasteiger partial charge is 1.00 e. The number of alkyl halides is 1. The van der Waals surface area contributed by atoms with E-state index in [4.69, 9.17) is 10.2 Å². The molecule has 0 amide bonds. The standard InChI is InChI=1S/C27H49N8.C15H20N6.C6H15BrN.4BrH/c1-9-30-17-18-31(10-2)26-23-24(13-14-25(26)30)28-29-27-32(15-11-21-34(3,4)5)19-20-33(27)16-12-22-35(6,7)8;1-3-20-9-10-21(4-2)14-11-12(5-6-13(14)20)18-19-15-16-7-8-17-15;1-8(2,3)6-4-5-7;;;;/h13-14,19-20,23H,9-12,15-18,21-22H2,1-8H3;5-8,11H,3-4,9-10H2,1-2H3,(H,16,17);4-6H2,1-3H3;4*1H/q+3;;+1;;;;/p-4. The minimum atomic E-state index is 0. The van der Waals surface area contributed by atoms with Crippen LogP contribution in [0.4, 0.5) is 46.0 Å². The van der Waals surface area contributed by atoms with Gasteiger partial charge in [-0.05, 0) is 64.1 Å². The van der Waals surface area contributed by atoms with Crippen LogP contribution in [0, 0.1) is 0 Å². The van der Waals surface area contributed by atoms with Crippen LogP contribution in [0.15, 0.2) is 81.6 Å². The number of hydrogen-bond donors (Lipinski definition) is 1. The number of benzene rings is 2. The van der Waals surface area contributed by atoms with Crippen LogP contribution in [0.5, 0.6) is 0 Å². The molecule has 15 nitrogen and oxygen atoms in total. The fourth-order valence-corrected chi connectivity index (χ4v) is 8.13. The molecule has 0 radical (unpaired) electrons. The van der Waals surface area contributed by atoms with Crippen LogP contribution in [0.25, 0.3) is 0 Å². The number of anilines is 4. The lowest BCUT2D eigenvalue weighted by Gasteiger charge is -2.38. The molecule has 20 heteroatoms. The number of aromatic amines is 1. The zero-order chi connectivity index (χ0) is 46.9. The molecule has 0 aliphatic carbocycles. The molecule has 4 aromatic rings. The Morgan fingerprint density at radius 3 is 1.44 bits per heavy atom. The van der Waals surface area contributed by atoms with Gasteiger partial charge >= 0.3 is 5.95 Å². The Morgan fingerprint density at radius 2 is 1.03 bits per heavy atom. The molecule has 68 heavy (non-hydrogen) atoms. The number of quaternary nitrogens is 3. The topological polar surface area (TPSA) is 99.9 Å². The summed E-state index contributed by atoms with van der Waals surface area (Å²) in [6.07, 6.45) is 11.2. The van der Waals surface area contributed by atoms with E-state index in [9.17, 15) is 0 Å². The molecule has 0 bridgehead atoms. The average Bonchev–Trinajstić information content (AvgIpc) is 3.92. The van der Waals surface area contributed by atoms with E-state index in [0.29, 0.717) is 5.95 Å². The van der Waals surface area contributed by atoms with Crippen LogP contribution in [-0.4, -0.2) is 169 Å². The third-order valence-electron chi connectivity index (χ3n) is 11.4.